The van der Waals surface area contributed by atoms with Gasteiger partial charge in [-0.1, -0.05) is 27.4 Å². The van der Waals surface area contributed by atoms with Gasteiger partial charge in [-0.15, -0.1) is 0 Å². The molecule has 58 valence electrons. The van der Waals surface area contributed by atoms with Crippen molar-refractivity contribution in [2.45, 2.75) is 27.2 Å². The minimum absolute atomic E-state index is 0.491. The minimum Gasteiger partial charge on any atom is -0.291 e. The average Bonchev–Trinajstić information content (AvgIpc) is 1.86. The third kappa shape index (κ3) is 1.94. The largest absolute Gasteiger partial charge is 0.291 e. The van der Waals surface area contributed by atoms with Crippen LogP contribution in [0.4, 0.5) is 4.39 Å². The molecule has 0 spiro atoms. The summed E-state index contributed by atoms with van der Waals surface area (Å²) in [5.74, 6) is -1.33. The summed E-state index contributed by atoms with van der Waals surface area (Å²) in [6.07, 6.45) is 0.634. The van der Waals surface area contributed by atoms with Crippen molar-refractivity contribution in [2.75, 3.05) is 0 Å². The Labute approximate surface area is 60.9 Å². The lowest BCUT2D eigenvalue weighted by molar-refractivity contribution is -0.124. The van der Waals surface area contributed by atoms with Gasteiger partial charge in [-0.3, -0.25) is 4.79 Å². The third-order valence-electron chi connectivity index (χ3n) is 1.74. The third-order valence-corrected chi connectivity index (χ3v) is 1.74. The van der Waals surface area contributed by atoms with Crippen LogP contribution in [0.3, 0.4) is 0 Å². The van der Waals surface area contributed by atoms with Gasteiger partial charge in [-0.2, -0.15) is 0 Å². The van der Waals surface area contributed by atoms with Crippen LogP contribution in [0.1, 0.15) is 27.2 Å². The van der Waals surface area contributed by atoms with Crippen LogP contribution in [0.25, 0.3) is 0 Å². The molecule has 0 aliphatic rings. The van der Waals surface area contributed by atoms with Crippen molar-refractivity contribution in [3.8, 4) is 0 Å². The summed E-state index contributed by atoms with van der Waals surface area (Å²) in [5, 5.41) is 0. The Balaban J connectivity index is 4.33. The Kier molecular flexibility index (Phi) is 2.76. The molecule has 1 nitrogen and oxygen atoms in total. The summed E-state index contributed by atoms with van der Waals surface area (Å²) in [7, 11) is 0. The Hall–Kier alpha value is -0.660. The summed E-state index contributed by atoms with van der Waals surface area (Å²) in [6, 6.07) is 0. The number of carbonyl (C=O) groups excluding carboxylic acids is 1. The standard InChI is InChI=1S/C8H13FO/c1-5-8(3,4)7(10)6(2)9/h2,5H2,1,3-4H3. The van der Waals surface area contributed by atoms with Crippen molar-refractivity contribution in [2.24, 2.45) is 5.41 Å². The molecule has 10 heavy (non-hydrogen) atoms. The molecule has 0 atom stereocenters. The first-order valence-electron chi connectivity index (χ1n) is 3.31. The number of rotatable bonds is 3. The molecule has 0 amide bonds. The number of allylic oxidation sites excluding steroid dienone is 1. The van der Waals surface area contributed by atoms with Gasteiger partial charge < -0.3 is 0 Å². The highest BCUT2D eigenvalue weighted by Crippen LogP contribution is 2.24. The van der Waals surface area contributed by atoms with Gasteiger partial charge in [0.15, 0.2) is 11.6 Å². The molecule has 0 unspecified atom stereocenters. The molecule has 0 aromatic carbocycles. The molecule has 0 saturated carbocycles. The second-order valence-electron chi connectivity index (χ2n) is 2.97. The SMILES string of the molecule is C=C(F)C(=O)C(C)(C)CC. The van der Waals surface area contributed by atoms with Crippen LogP contribution in [0.5, 0.6) is 0 Å². The van der Waals surface area contributed by atoms with Crippen molar-refractivity contribution in [3.63, 3.8) is 0 Å². The van der Waals surface area contributed by atoms with Crippen LogP contribution in [0, 0.1) is 5.41 Å². The molecule has 0 saturated heterocycles. The Morgan fingerprint density at radius 2 is 2.00 bits per heavy atom. The van der Waals surface area contributed by atoms with Crippen molar-refractivity contribution in [3.05, 3.63) is 12.4 Å². The molecular formula is C8H13FO. The Morgan fingerprint density at radius 3 is 2.10 bits per heavy atom. The van der Waals surface area contributed by atoms with Crippen LogP contribution in [-0.4, -0.2) is 5.78 Å². The van der Waals surface area contributed by atoms with E-state index in [9.17, 15) is 9.18 Å². The zero-order valence-electron chi connectivity index (χ0n) is 6.70. The maximum atomic E-state index is 12.2. The van der Waals surface area contributed by atoms with Crippen LogP contribution < -0.4 is 0 Å². The molecule has 0 rings (SSSR count). The van der Waals surface area contributed by atoms with Gasteiger partial charge in [0.1, 0.15) is 0 Å². The van der Waals surface area contributed by atoms with E-state index in [0.717, 1.165) is 0 Å². The molecular weight excluding hydrogens is 131 g/mol. The summed E-state index contributed by atoms with van der Waals surface area (Å²) < 4.78 is 12.2. The second-order valence-corrected chi connectivity index (χ2v) is 2.97. The number of hydrogen-bond acceptors (Lipinski definition) is 1. The van der Waals surface area contributed by atoms with Crippen LogP contribution in [0.15, 0.2) is 12.4 Å². The highest BCUT2D eigenvalue weighted by molar-refractivity contribution is 5.96. The molecule has 0 bridgehead atoms. The molecule has 0 aromatic heterocycles. The van der Waals surface area contributed by atoms with E-state index in [2.05, 4.69) is 6.58 Å². The van der Waals surface area contributed by atoms with Gasteiger partial charge in [-0.05, 0) is 6.42 Å². The molecule has 0 radical (unpaired) electrons. The van der Waals surface area contributed by atoms with E-state index in [1.165, 1.54) is 0 Å². The van der Waals surface area contributed by atoms with E-state index in [-0.39, 0.29) is 0 Å². The Morgan fingerprint density at radius 1 is 1.60 bits per heavy atom. The van der Waals surface area contributed by atoms with Crippen LogP contribution in [0.2, 0.25) is 0 Å². The summed E-state index contributed by atoms with van der Waals surface area (Å²) in [5.41, 5.74) is -0.591. The number of halogens is 1. The fourth-order valence-electron chi connectivity index (χ4n) is 0.528. The zero-order valence-corrected chi connectivity index (χ0v) is 6.70. The molecule has 0 N–H and O–H groups in total. The molecule has 0 aromatic rings. The maximum absolute atomic E-state index is 12.2. The van der Waals surface area contributed by atoms with E-state index in [0.29, 0.717) is 6.42 Å². The topological polar surface area (TPSA) is 17.1 Å². The molecule has 0 aliphatic carbocycles. The van der Waals surface area contributed by atoms with Gasteiger partial charge >= 0.3 is 0 Å². The minimum atomic E-state index is -0.841. The predicted molar refractivity (Wildman–Crippen MR) is 39.3 cm³/mol. The number of carbonyl (C=O) groups is 1. The van der Waals surface area contributed by atoms with Crippen LogP contribution in [-0.2, 0) is 4.79 Å². The Bertz CT molecular complexity index is 159. The summed E-state index contributed by atoms with van der Waals surface area (Å²) in [6.45, 7) is 8.22. The first kappa shape index (κ1) is 9.34. The van der Waals surface area contributed by atoms with E-state index in [4.69, 9.17) is 0 Å². The first-order chi connectivity index (χ1) is 4.41. The number of ketones is 1. The van der Waals surface area contributed by atoms with Crippen molar-refractivity contribution in [1.29, 1.82) is 0 Å². The fourth-order valence-corrected chi connectivity index (χ4v) is 0.528. The quantitative estimate of drug-likeness (QED) is 0.556. The van der Waals surface area contributed by atoms with Gasteiger partial charge in [0.2, 0.25) is 0 Å². The van der Waals surface area contributed by atoms with E-state index < -0.39 is 17.0 Å². The predicted octanol–water partition coefficient (Wildman–Crippen LogP) is 2.47. The van der Waals surface area contributed by atoms with Gasteiger partial charge in [0.05, 0.1) is 0 Å². The summed E-state index contributed by atoms with van der Waals surface area (Å²) in [4.78, 5) is 10.9. The fraction of sp³-hybridized carbons (Fsp3) is 0.625. The highest BCUT2D eigenvalue weighted by Gasteiger charge is 2.27. The van der Waals surface area contributed by atoms with Crippen molar-refractivity contribution >= 4 is 5.78 Å². The molecule has 0 fully saturated rings. The van der Waals surface area contributed by atoms with E-state index >= 15 is 0 Å². The van der Waals surface area contributed by atoms with E-state index in [1.807, 2.05) is 6.92 Å². The van der Waals surface area contributed by atoms with Crippen molar-refractivity contribution < 1.29 is 9.18 Å². The molecule has 2 heteroatoms. The smallest absolute Gasteiger partial charge is 0.196 e. The number of hydrogen-bond donors (Lipinski definition) is 0. The lowest BCUT2D eigenvalue weighted by Crippen LogP contribution is -2.23. The maximum Gasteiger partial charge on any atom is 0.196 e. The van der Waals surface area contributed by atoms with Crippen LogP contribution >= 0.6 is 0 Å². The van der Waals surface area contributed by atoms with Gasteiger partial charge in [-0.25, -0.2) is 4.39 Å². The number of Topliss-reactive ketones (excluding diaryl/α,β-unsaturated/α-hetero) is 1. The van der Waals surface area contributed by atoms with Gasteiger partial charge in [0.25, 0.3) is 0 Å². The van der Waals surface area contributed by atoms with Gasteiger partial charge in [0, 0.05) is 5.41 Å². The zero-order chi connectivity index (χ0) is 8.36. The lowest BCUT2D eigenvalue weighted by atomic mass is 9.85. The molecule has 0 aliphatic heterocycles. The van der Waals surface area contributed by atoms with Crippen molar-refractivity contribution in [1.82, 2.24) is 0 Å². The van der Waals surface area contributed by atoms with E-state index in [1.54, 1.807) is 13.8 Å². The second kappa shape index (κ2) is 2.95. The lowest BCUT2D eigenvalue weighted by Gasteiger charge is -2.18. The average molecular weight is 144 g/mol. The summed E-state index contributed by atoms with van der Waals surface area (Å²) >= 11 is 0. The molecule has 0 heterocycles. The highest BCUT2D eigenvalue weighted by atomic mass is 19.1. The first-order valence-corrected chi connectivity index (χ1v) is 3.31. The monoisotopic (exact) mass is 144 g/mol. The normalized spacial score (nSPS) is 11.2.